The highest BCUT2D eigenvalue weighted by molar-refractivity contribution is 6.05. The molecule has 2 aliphatic heterocycles. The van der Waals surface area contributed by atoms with Gasteiger partial charge in [0.05, 0.1) is 0 Å². The van der Waals surface area contributed by atoms with Crippen LogP contribution in [0.2, 0.25) is 0 Å². The Morgan fingerprint density at radius 1 is 0.480 bits per heavy atom. The van der Waals surface area contributed by atoms with Crippen molar-refractivity contribution in [1.29, 1.82) is 0 Å². The van der Waals surface area contributed by atoms with Gasteiger partial charge in [-0.3, -0.25) is 4.79 Å². The summed E-state index contributed by atoms with van der Waals surface area (Å²) in [7, 11) is 5.73. The van der Waals surface area contributed by atoms with E-state index in [1.807, 2.05) is 19.0 Å². The largest absolute Gasteiger partial charge is 0.373 e. The van der Waals surface area contributed by atoms with Crippen molar-refractivity contribution in [2.24, 2.45) is 0 Å². The number of allylic oxidation sites excluding steroid dienone is 4. The van der Waals surface area contributed by atoms with Crippen molar-refractivity contribution >= 4 is 62.2 Å². The first-order valence-corrected chi connectivity index (χ1v) is 18.8. The van der Waals surface area contributed by atoms with Crippen LogP contribution in [0.4, 0.5) is 11.4 Å². The van der Waals surface area contributed by atoms with Gasteiger partial charge in [0, 0.05) is 61.5 Å². The zero-order chi connectivity index (χ0) is 36.1. The Balaban J connectivity index is 2.08. The topological polar surface area (TPSA) is 132 Å². The number of H-pyrrole nitrogens is 2. The predicted octanol–water partition coefficient (Wildman–Crippen LogP) is 8.87. The van der Waals surface area contributed by atoms with Crippen LogP contribution in [0.15, 0.2) is 0 Å². The number of nitrogens with one attached hydrogen (secondary N) is 2. The van der Waals surface area contributed by atoms with Gasteiger partial charge in [-0.25, -0.2) is 29.9 Å². The molecule has 5 rings (SSSR count). The zero-order valence-corrected chi connectivity index (χ0v) is 32.0. The number of aromatic amines is 2. The molecule has 0 aliphatic carbocycles. The molecule has 0 saturated carbocycles. The standard InChI is InChI=1S/C39H56N10O/c1-11-17-24-25(18-12-2)33-40-32(24)41-34-26(19-13-3)28(21-15-5)36(43-34)45-38-30(48(8)9)31(49(10)23(7)50)39(47-38)46-37-29(22-16-6)27(20-14-4)35(42-33)44-37/h11-22H2,1-10H3,(H2,40,41,42,43,44,45,46,47). The Morgan fingerprint density at radius 3 is 1.20 bits per heavy atom. The third kappa shape index (κ3) is 7.09. The van der Waals surface area contributed by atoms with Crippen LogP contribution in [0.3, 0.4) is 0 Å². The number of hydrogen-bond acceptors (Lipinski definition) is 8. The van der Waals surface area contributed by atoms with E-state index < -0.39 is 0 Å². The number of carbonyl (C=O) groups is 1. The summed E-state index contributed by atoms with van der Waals surface area (Å²) in [5.41, 5.74) is 11.0. The molecule has 50 heavy (non-hydrogen) atoms. The van der Waals surface area contributed by atoms with Crippen LogP contribution in [0.5, 0.6) is 0 Å². The Labute approximate surface area is 297 Å². The minimum atomic E-state index is -0.102. The second-order valence-corrected chi connectivity index (χ2v) is 13.7. The van der Waals surface area contributed by atoms with Crippen LogP contribution in [0.1, 0.15) is 147 Å². The smallest absolute Gasteiger partial charge is 0.223 e. The molecule has 5 heterocycles. The Hall–Kier alpha value is -4.41. The number of hydrogen-bond donors (Lipinski definition) is 2. The summed E-state index contributed by atoms with van der Waals surface area (Å²) in [6.45, 7) is 14.7. The van der Waals surface area contributed by atoms with Gasteiger partial charge in [0.25, 0.3) is 0 Å². The fourth-order valence-corrected chi connectivity index (χ4v) is 7.15. The molecule has 3 aromatic heterocycles. The minimum absolute atomic E-state index is 0.102. The van der Waals surface area contributed by atoms with Crippen molar-refractivity contribution in [3.63, 3.8) is 0 Å². The maximum Gasteiger partial charge on any atom is 0.223 e. The van der Waals surface area contributed by atoms with Gasteiger partial charge >= 0.3 is 0 Å². The molecule has 11 nitrogen and oxygen atoms in total. The summed E-state index contributed by atoms with van der Waals surface area (Å²) in [5, 5.41) is 0. The van der Waals surface area contributed by atoms with Crippen LogP contribution in [0.25, 0.3) is 44.9 Å². The van der Waals surface area contributed by atoms with Crippen molar-refractivity contribution in [2.75, 3.05) is 30.9 Å². The van der Waals surface area contributed by atoms with E-state index in [9.17, 15) is 4.79 Å². The van der Waals surface area contributed by atoms with Crippen molar-refractivity contribution < 1.29 is 4.79 Å². The molecule has 1 amide bonds. The van der Waals surface area contributed by atoms with E-state index in [2.05, 4.69) is 51.5 Å². The highest BCUT2D eigenvalue weighted by atomic mass is 16.2. The predicted molar refractivity (Wildman–Crippen MR) is 207 cm³/mol. The van der Waals surface area contributed by atoms with Crippen molar-refractivity contribution in [2.45, 2.75) is 126 Å². The van der Waals surface area contributed by atoms with E-state index in [4.69, 9.17) is 29.9 Å². The summed E-state index contributed by atoms with van der Waals surface area (Å²) in [6.07, 6.45) is 10.9. The monoisotopic (exact) mass is 680 g/mol. The molecular formula is C39H56N10O. The zero-order valence-electron chi connectivity index (χ0n) is 32.0. The fraction of sp³-hybridized carbons (Fsp3) is 0.564. The summed E-state index contributed by atoms with van der Waals surface area (Å²) >= 11 is 0. The highest BCUT2D eigenvalue weighted by Crippen LogP contribution is 2.40. The number of nitrogens with zero attached hydrogens (tertiary/aromatic N) is 8. The molecule has 11 heteroatoms. The van der Waals surface area contributed by atoms with Crippen LogP contribution in [-0.2, 0) is 17.6 Å². The lowest BCUT2D eigenvalue weighted by Gasteiger charge is -2.19. The number of rotatable bonds is 14. The first-order chi connectivity index (χ1) is 24.1. The number of aryl methyl sites for hydroxylation is 2. The molecule has 8 bridgehead atoms. The molecule has 0 saturated heterocycles. The second-order valence-electron chi connectivity index (χ2n) is 13.7. The molecule has 0 unspecified atom stereocenters. The summed E-state index contributed by atoms with van der Waals surface area (Å²) in [5.74, 6) is 2.64. The Morgan fingerprint density at radius 2 is 0.820 bits per heavy atom. The Bertz CT molecular complexity index is 1960. The van der Waals surface area contributed by atoms with Crippen LogP contribution < -0.4 is 9.80 Å². The molecule has 0 fully saturated rings. The molecule has 2 N–H and O–H groups in total. The maximum absolute atomic E-state index is 13.0. The molecule has 0 atom stereocenters. The maximum atomic E-state index is 13.0. The molecular weight excluding hydrogens is 624 g/mol. The van der Waals surface area contributed by atoms with E-state index in [1.54, 1.807) is 18.9 Å². The molecule has 0 spiro atoms. The number of amides is 1. The third-order valence-corrected chi connectivity index (χ3v) is 9.44. The number of anilines is 2. The normalized spacial score (nSPS) is 13.1. The fourth-order valence-electron chi connectivity index (χ4n) is 7.15. The average molecular weight is 681 g/mol. The van der Waals surface area contributed by atoms with Gasteiger partial charge in [-0.2, -0.15) is 0 Å². The summed E-state index contributed by atoms with van der Waals surface area (Å²) in [6, 6.07) is 0. The van der Waals surface area contributed by atoms with Crippen molar-refractivity contribution in [3.05, 3.63) is 34.4 Å². The first-order valence-electron chi connectivity index (χ1n) is 18.8. The Kier molecular flexibility index (Phi) is 11.9. The quantitative estimate of drug-likeness (QED) is 0.173. The third-order valence-electron chi connectivity index (χ3n) is 9.44. The number of aromatic nitrogens is 8. The van der Waals surface area contributed by atoms with Gasteiger partial charge in [-0.1, -0.05) is 80.1 Å². The van der Waals surface area contributed by atoms with Gasteiger partial charge in [0.1, 0.15) is 22.7 Å². The van der Waals surface area contributed by atoms with Gasteiger partial charge in [-0.15, -0.1) is 0 Å². The van der Waals surface area contributed by atoms with E-state index in [0.717, 1.165) is 122 Å². The highest BCUT2D eigenvalue weighted by Gasteiger charge is 2.28. The minimum Gasteiger partial charge on any atom is -0.373 e. The van der Waals surface area contributed by atoms with E-state index in [0.29, 0.717) is 34.5 Å². The van der Waals surface area contributed by atoms with Crippen LogP contribution in [0, 0.1) is 0 Å². The summed E-state index contributed by atoms with van der Waals surface area (Å²) < 4.78 is 0. The van der Waals surface area contributed by atoms with E-state index in [1.165, 1.54) is 11.1 Å². The molecule has 0 radical (unpaired) electrons. The average Bonchev–Trinajstić information content (AvgIpc) is 3.78. The van der Waals surface area contributed by atoms with Crippen LogP contribution >= 0.6 is 0 Å². The molecule has 3 aromatic rings. The van der Waals surface area contributed by atoms with Crippen molar-refractivity contribution in [1.82, 2.24) is 39.9 Å². The van der Waals surface area contributed by atoms with E-state index in [-0.39, 0.29) is 5.91 Å². The number of carbonyl (C=O) groups excluding carboxylic acids is 1. The second kappa shape index (κ2) is 16.1. The van der Waals surface area contributed by atoms with Gasteiger partial charge in [-0.05, 0) is 38.5 Å². The number of fused-ring (bicyclic) bond motifs is 8. The van der Waals surface area contributed by atoms with Gasteiger partial charge in [0.2, 0.25) is 5.91 Å². The van der Waals surface area contributed by atoms with Gasteiger partial charge < -0.3 is 19.8 Å². The lowest BCUT2D eigenvalue weighted by molar-refractivity contribution is -0.116. The van der Waals surface area contributed by atoms with Crippen LogP contribution in [-0.4, -0.2) is 66.9 Å². The van der Waals surface area contributed by atoms with Crippen molar-refractivity contribution in [3.8, 4) is 0 Å². The lowest BCUT2D eigenvalue weighted by Crippen LogP contribution is -2.25. The molecule has 2 aliphatic rings. The molecule has 0 aromatic carbocycles. The lowest BCUT2D eigenvalue weighted by atomic mass is 10.00. The SMILES string of the molecule is CCCC1=C(CCC)c2nc1nc1nc(nc3[nH]c(nc4[nH]c(n2)c(CCC)c4CCC)c(N(C)C)c3N(C)C(C)=O)C(CCC)=C1CCC. The van der Waals surface area contributed by atoms with Gasteiger partial charge in [0.15, 0.2) is 34.6 Å². The first kappa shape index (κ1) is 36.9. The van der Waals surface area contributed by atoms with E-state index >= 15 is 0 Å². The summed E-state index contributed by atoms with van der Waals surface area (Å²) in [4.78, 5) is 55.3. The molecule has 268 valence electrons.